The van der Waals surface area contributed by atoms with Gasteiger partial charge in [0.2, 0.25) is 16.9 Å². The predicted molar refractivity (Wildman–Crippen MR) is 105 cm³/mol. The second-order valence-corrected chi connectivity index (χ2v) is 7.76. The molecule has 1 aromatic heterocycles. The van der Waals surface area contributed by atoms with Gasteiger partial charge in [0.05, 0.1) is 6.04 Å². The third-order valence-corrected chi connectivity index (χ3v) is 5.61. The van der Waals surface area contributed by atoms with Gasteiger partial charge in [0.15, 0.2) is 0 Å². The molecule has 2 N–H and O–H groups in total. The monoisotopic (exact) mass is 387 g/mol. The molecule has 0 bridgehead atoms. The maximum atomic E-state index is 12.4. The number of amides is 2. The van der Waals surface area contributed by atoms with Crippen molar-refractivity contribution in [2.45, 2.75) is 39.3 Å². The average molecular weight is 388 g/mol. The highest BCUT2D eigenvalue weighted by molar-refractivity contribution is 7.13. The fourth-order valence-corrected chi connectivity index (χ4v) is 3.64. The topological polar surface area (TPSA) is 87.2 Å². The van der Waals surface area contributed by atoms with Crippen LogP contribution in [0.3, 0.4) is 0 Å². The molecule has 27 heavy (non-hydrogen) atoms. The molecule has 2 aromatic rings. The Labute approximate surface area is 163 Å². The van der Waals surface area contributed by atoms with Gasteiger partial charge in [0.1, 0.15) is 5.51 Å². The van der Waals surface area contributed by atoms with Gasteiger partial charge in [-0.2, -0.15) is 0 Å². The standard InChI is InChI=1S/C19H25N5O2S/c1-13-3-5-15(6-4-13)11-20-18(26)16-7-9-24(10-8-16)14(2)17(25)22-19-23-21-12-27-19/h3-6,12,14,16H,7-11H2,1-2H3,(H,20,26)(H,22,23,25)/t14-/m1/s1. The number of anilines is 1. The number of piperidine rings is 1. The van der Waals surface area contributed by atoms with Crippen LogP contribution in [0, 0.1) is 12.8 Å². The average Bonchev–Trinajstić information content (AvgIpc) is 3.20. The quantitative estimate of drug-likeness (QED) is 0.793. The smallest absolute Gasteiger partial charge is 0.243 e. The minimum atomic E-state index is -0.259. The van der Waals surface area contributed by atoms with Crippen LogP contribution in [-0.4, -0.2) is 46.0 Å². The van der Waals surface area contributed by atoms with E-state index in [1.807, 2.05) is 38.1 Å². The molecule has 3 rings (SSSR count). The van der Waals surface area contributed by atoms with E-state index in [0.29, 0.717) is 11.7 Å². The van der Waals surface area contributed by atoms with E-state index in [9.17, 15) is 9.59 Å². The number of hydrogen-bond donors (Lipinski definition) is 2. The van der Waals surface area contributed by atoms with E-state index in [4.69, 9.17) is 0 Å². The minimum absolute atomic E-state index is 0.00474. The second-order valence-electron chi connectivity index (χ2n) is 6.92. The molecule has 1 fully saturated rings. The van der Waals surface area contributed by atoms with Crippen LogP contribution in [0.25, 0.3) is 0 Å². The summed E-state index contributed by atoms with van der Waals surface area (Å²) in [5.41, 5.74) is 3.90. The highest BCUT2D eigenvalue weighted by Crippen LogP contribution is 2.20. The molecule has 0 saturated carbocycles. The Morgan fingerprint density at radius 3 is 2.59 bits per heavy atom. The van der Waals surface area contributed by atoms with Crippen LogP contribution in [0.5, 0.6) is 0 Å². The normalized spacial score (nSPS) is 16.7. The summed E-state index contributed by atoms with van der Waals surface area (Å²) in [5.74, 6) is 0.0142. The molecular weight excluding hydrogens is 362 g/mol. The molecule has 1 saturated heterocycles. The SMILES string of the molecule is Cc1ccc(CNC(=O)C2CCN([C@H](C)C(=O)Nc3nncs3)CC2)cc1. The van der Waals surface area contributed by atoms with Gasteiger partial charge >= 0.3 is 0 Å². The van der Waals surface area contributed by atoms with E-state index in [1.165, 1.54) is 16.9 Å². The third-order valence-electron chi connectivity index (χ3n) is 5.01. The summed E-state index contributed by atoms with van der Waals surface area (Å²) in [6, 6.07) is 7.92. The molecule has 8 heteroatoms. The first kappa shape index (κ1) is 19.4. The minimum Gasteiger partial charge on any atom is -0.352 e. The van der Waals surface area contributed by atoms with Crippen molar-refractivity contribution in [1.82, 2.24) is 20.4 Å². The number of benzene rings is 1. The Balaban J connectivity index is 1.42. The number of hydrogen-bond acceptors (Lipinski definition) is 6. The highest BCUT2D eigenvalue weighted by Gasteiger charge is 2.29. The largest absolute Gasteiger partial charge is 0.352 e. The molecule has 0 aliphatic carbocycles. The van der Waals surface area contributed by atoms with Gasteiger partial charge in [0.25, 0.3) is 0 Å². The van der Waals surface area contributed by atoms with Crippen LogP contribution in [-0.2, 0) is 16.1 Å². The summed E-state index contributed by atoms with van der Waals surface area (Å²) in [4.78, 5) is 26.9. The molecule has 1 aliphatic rings. The number of aryl methyl sites for hydroxylation is 1. The van der Waals surface area contributed by atoms with Crippen LogP contribution >= 0.6 is 11.3 Å². The number of rotatable bonds is 6. The molecule has 7 nitrogen and oxygen atoms in total. The molecule has 144 valence electrons. The number of nitrogens with zero attached hydrogens (tertiary/aromatic N) is 3. The summed E-state index contributed by atoms with van der Waals surface area (Å²) in [5, 5.41) is 13.9. The van der Waals surface area contributed by atoms with Crippen LogP contribution in [0.4, 0.5) is 5.13 Å². The van der Waals surface area contributed by atoms with Crippen molar-refractivity contribution >= 4 is 28.3 Å². The zero-order valence-corrected chi connectivity index (χ0v) is 16.5. The van der Waals surface area contributed by atoms with E-state index in [1.54, 1.807) is 5.51 Å². The van der Waals surface area contributed by atoms with Crippen LogP contribution < -0.4 is 10.6 Å². The Morgan fingerprint density at radius 2 is 1.96 bits per heavy atom. The summed E-state index contributed by atoms with van der Waals surface area (Å²) >= 11 is 1.30. The van der Waals surface area contributed by atoms with E-state index < -0.39 is 0 Å². The van der Waals surface area contributed by atoms with E-state index in [2.05, 4.69) is 25.7 Å². The Morgan fingerprint density at radius 1 is 1.26 bits per heavy atom. The predicted octanol–water partition coefficient (Wildman–Crippen LogP) is 2.20. The Hall–Kier alpha value is -2.32. The lowest BCUT2D eigenvalue weighted by Gasteiger charge is -2.34. The van der Waals surface area contributed by atoms with Gasteiger partial charge < -0.3 is 5.32 Å². The maximum absolute atomic E-state index is 12.4. The van der Waals surface area contributed by atoms with Gasteiger partial charge in [-0.05, 0) is 45.3 Å². The van der Waals surface area contributed by atoms with Crippen LogP contribution in [0.1, 0.15) is 30.9 Å². The molecule has 0 unspecified atom stereocenters. The van der Waals surface area contributed by atoms with E-state index >= 15 is 0 Å². The molecule has 1 atom stereocenters. The van der Waals surface area contributed by atoms with Crippen molar-refractivity contribution in [3.05, 3.63) is 40.9 Å². The molecule has 1 aromatic carbocycles. The molecule has 1 aliphatic heterocycles. The zero-order chi connectivity index (χ0) is 19.2. The lowest BCUT2D eigenvalue weighted by atomic mass is 9.94. The molecule has 0 spiro atoms. The van der Waals surface area contributed by atoms with Gasteiger partial charge in [-0.1, -0.05) is 41.2 Å². The first-order valence-electron chi connectivity index (χ1n) is 9.17. The number of carbonyl (C=O) groups is 2. The fraction of sp³-hybridized carbons (Fsp3) is 0.474. The summed E-state index contributed by atoms with van der Waals surface area (Å²) in [6.45, 7) is 5.94. The van der Waals surface area contributed by atoms with Crippen molar-refractivity contribution in [3.63, 3.8) is 0 Å². The van der Waals surface area contributed by atoms with Gasteiger partial charge in [-0.25, -0.2) is 0 Å². The Bertz CT molecular complexity index is 755. The Kier molecular flexibility index (Phi) is 6.52. The maximum Gasteiger partial charge on any atom is 0.243 e. The van der Waals surface area contributed by atoms with Gasteiger partial charge in [-0.15, -0.1) is 10.2 Å². The third kappa shape index (κ3) is 5.33. The number of carbonyl (C=O) groups excluding carboxylic acids is 2. The summed E-state index contributed by atoms with van der Waals surface area (Å²) in [6.07, 6.45) is 1.52. The molecule has 2 amide bonds. The zero-order valence-electron chi connectivity index (χ0n) is 15.6. The summed E-state index contributed by atoms with van der Waals surface area (Å²) < 4.78 is 0. The van der Waals surface area contributed by atoms with Gasteiger partial charge in [-0.3, -0.25) is 19.8 Å². The number of likely N-dealkylation sites (tertiary alicyclic amines) is 1. The first-order valence-corrected chi connectivity index (χ1v) is 10.0. The fourth-order valence-electron chi connectivity index (χ4n) is 3.19. The van der Waals surface area contributed by atoms with Gasteiger partial charge in [0, 0.05) is 12.5 Å². The van der Waals surface area contributed by atoms with Crippen molar-refractivity contribution in [1.29, 1.82) is 0 Å². The summed E-state index contributed by atoms with van der Waals surface area (Å²) in [7, 11) is 0. The van der Waals surface area contributed by atoms with Crippen molar-refractivity contribution in [3.8, 4) is 0 Å². The lowest BCUT2D eigenvalue weighted by molar-refractivity contribution is -0.127. The van der Waals surface area contributed by atoms with Crippen molar-refractivity contribution < 1.29 is 9.59 Å². The highest BCUT2D eigenvalue weighted by atomic mass is 32.1. The van der Waals surface area contributed by atoms with Crippen molar-refractivity contribution in [2.75, 3.05) is 18.4 Å². The molecule has 0 radical (unpaired) electrons. The molecular formula is C19H25N5O2S. The number of nitrogens with one attached hydrogen (secondary N) is 2. The van der Waals surface area contributed by atoms with Crippen LogP contribution in [0.15, 0.2) is 29.8 Å². The van der Waals surface area contributed by atoms with Crippen LogP contribution in [0.2, 0.25) is 0 Å². The van der Waals surface area contributed by atoms with E-state index in [0.717, 1.165) is 31.5 Å². The molecule has 2 heterocycles. The lowest BCUT2D eigenvalue weighted by Crippen LogP contribution is -2.48. The number of aromatic nitrogens is 2. The van der Waals surface area contributed by atoms with Crippen molar-refractivity contribution in [2.24, 2.45) is 5.92 Å². The van der Waals surface area contributed by atoms with E-state index in [-0.39, 0.29) is 23.8 Å². The second kappa shape index (κ2) is 9.05. The first-order chi connectivity index (χ1) is 13.0.